The maximum absolute atomic E-state index is 13.1. The number of carbonyl (C=O) groups is 1. The van der Waals surface area contributed by atoms with Crippen LogP contribution < -0.4 is 5.32 Å². The number of carbonyl (C=O) groups excluding carboxylic acids is 1. The lowest BCUT2D eigenvalue weighted by molar-refractivity contribution is -0.131. The molecule has 1 aliphatic heterocycles. The third-order valence-corrected chi connectivity index (χ3v) is 3.59. The molecule has 1 aromatic carbocycles. The zero-order valence-electron chi connectivity index (χ0n) is 9.38. The van der Waals surface area contributed by atoms with Crippen LogP contribution in [0.4, 0.5) is 4.39 Å². The van der Waals surface area contributed by atoms with E-state index < -0.39 is 0 Å². The lowest BCUT2D eigenvalue weighted by atomic mass is 10.1. The quantitative estimate of drug-likeness (QED) is 0.899. The van der Waals surface area contributed by atoms with Gasteiger partial charge < -0.3 is 10.2 Å². The number of hydrogen-bond acceptors (Lipinski definition) is 2. The number of nitrogens with one attached hydrogen (secondary N) is 1. The topological polar surface area (TPSA) is 32.3 Å². The summed E-state index contributed by atoms with van der Waals surface area (Å²) >= 11 is 3.33. The molecule has 1 fully saturated rings. The highest BCUT2D eigenvalue weighted by atomic mass is 79.9. The van der Waals surface area contributed by atoms with Crippen molar-refractivity contribution in [2.24, 2.45) is 0 Å². The van der Waals surface area contributed by atoms with Crippen molar-refractivity contribution in [2.45, 2.75) is 6.42 Å². The molecule has 0 aliphatic carbocycles. The fourth-order valence-corrected chi connectivity index (χ4v) is 2.25. The zero-order valence-corrected chi connectivity index (χ0v) is 11.0. The lowest BCUT2D eigenvalue weighted by Gasteiger charge is -2.27. The number of benzene rings is 1. The van der Waals surface area contributed by atoms with Crippen molar-refractivity contribution in [3.63, 3.8) is 0 Å². The molecule has 1 N–H and O–H groups in total. The fraction of sp³-hybridized carbons (Fsp3) is 0.417. The molecule has 0 aromatic heterocycles. The molecule has 0 unspecified atom stereocenters. The second-order valence-corrected chi connectivity index (χ2v) is 4.90. The molecular formula is C12H14BrFN2O. The Morgan fingerprint density at radius 2 is 2.12 bits per heavy atom. The van der Waals surface area contributed by atoms with Gasteiger partial charge in [-0.1, -0.05) is 15.9 Å². The number of nitrogens with zero attached hydrogens (tertiary/aromatic N) is 1. The van der Waals surface area contributed by atoms with Gasteiger partial charge in [-0.05, 0) is 23.8 Å². The van der Waals surface area contributed by atoms with Crippen molar-refractivity contribution in [2.75, 3.05) is 26.2 Å². The Bertz CT molecular complexity index is 419. The first-order valence-electron chi connectivity index (χ1n) is 5.59. The second kappa shape index (κ2) is 5.60. The molecule has 3 nitrogen and oxygen atoms in total. The Labute approximate surface area is 108 Å². The summed E-state index contributed by atoms with van der Waals surface area (Å²) in [6.45, 7) is 3.11. The number of hydrogen-bond donors (Lipinski definition) is 1. The molecule has 2 rings (SSSR count). The molecule has 0 saturated carbocycles. The zero-order chi connectivity index (χ0) is 12.3. The summed E-state index contributed by atoms with van der Waals surface area (Å²) in [7, 11) is 0. The number of amides is 1. The average molecular weight is 301 g/mol. The van der Waals surface area contributed by atoms with Gasteiger partial charge in [-0.15, -0.1) is 0 Å². The van der Waals surface area contributed by atoms with Crippen molar-refractivity contribution in [3.05, 3.63) is 34.1 Å². The van der Waals surface area contributed by atoms with Gasteiger partial charge in [0.1, 0.15) is 5.82 Å². The van der Waals surface area contributed by atoms with Gasteiger partial charge in [0.15, 0.2) is 0 Å². The van der Waals surface area contributed by atoms with E-state index in [0.29, 0.717) is 5.56 Å². The normalized spacial score (nSPS) is 16.0. The van der Waals surface area contributed by atoms with Gasteiger partial charge in [0.05, 0.1) is 6.42 Å². The van der Waals surface area contributed by atoms with Crippen LogP contribution in [0, 0.1) is 5.82 Å². The van der Waals surface area contributed by atoms with Crippen LogP contribution in [-0.2, 0) is 11.2 Å². The molecule has 1 saturated heterocycles. The number of rotatable bonds is 2. The van der Waals surface area contributed by atoms with Gasteiger partial charge in [-0.3, -0.25) is 4.79 Å². The average Bonchev–Trinajstić information content (AvgIpc) is 2.35. The van der Waals surface area contributed by atoms with Crippen LogP contribution >= 0.6 is 15.9 Å². The lowest BCUT2D eigenvalue weighted by Crippen LogP contribution is -2.46. The molecule has 0 bridgehead atoms. The van der Waals surface area contributed by atoms with Crippen LogP contribution in [0.5, 0.6) is 0 Å². The molecule has 1 amide bonds. The van der Waals surface area contributed by atoms with Crippen molar-refractivity contribution in [3.8, 4) is 0 Å². The van der Waals surface area contributed by atoms with Crippen molar-refractivity contribution in [1.29, 1.82) is 0 Å². The first-order valence-corrected chi connectivity index (χ1v) is 6.38. The second-order valence-electron chi connectivity index (χ2n) is 4.04. The monoisotopic (exact) mass is 300 g/mol. The van der Waals surface area contributed by atoms with E-state index in [9.17, 15) is 9.18 Å². The van der Waals surface area contributed by atoms with Crippen LogP contribution in [-0.4, -0.2) is 37.0 Å². The van der Waals surface area contributed by atoms with E-state index in [4.69, 9.17) is 0 Å². The minimum atomic E-state index is -0.309. The van der Waals surface area contributed by atoms with E-state index in [1.807, 2.05) is 4.90 Å². The standard InChI is InChI=1S/C12H14BrFN2O/c13-11-2-1-10(14)7-9(11)8-12(17)16-5-3-15-4-6-16/h1-2,7,15H,3-6,8H2. The largest absolute Gasteiger partial charge is 0.340 e. The molecule has 17 heavy (non-hydrogen) atoms. The highest BCUT2D eigenvalue weighted by Crippen LogP contribution is 2.19. The molecule has 0 atom stereocenters. The van der Waals surface area contributed by atoms with Crippen LogP contribution in [0.2, 0.25) is 0 Å². The van der Waals surface area contributed by atoms with Gasteiger partial charge in [0.2, 0.25) is 5.91 Å². The van der Waals surface area contributed by atoms with Crippen molar-refractivity contribution < 1.29 is 9.18 Å². The van der Waals surface area contributed by atoms with Crippen molar-refractivity contribution in [1.82, 2.24) is 10.2 Å². The van der Waals surface area contributed by atoms with E-state index in [1.54, 1.807) is 6.07 Å². The predicted octanol–water partition coefficient (Wildman–Crippen LogP) is 1.56. The van der Waals surface area contributed by atoms with Gasteiger partial charge in [0, 0.05) is 30.7 Å². The first kappa shape index (κ1) is 12.5. The summed E-state index contributed by atoms with van der Waals surface area (Å²) in [4.78, 5) is 13.8. The van der Waals surface area contributed by atoms with Gasteiger partial charge in [-0.2, -0.15) is 0 Å². The summed E-state index contributed by atoms with van der Waals surface area (Å²) < 4.78 is 13.9. The Morgan fingerprint density at radius 1 is 1.41 bits per heavy atom. The highest BCUT2D eigenvalue weighted by Gasteiger charge is 2.17. The minimum absolute atomic E-state index is 0.0535. The summed E-state index contributed by atoms with van der Waals surface area (Å²) in [5, 5.41) is 3.19. The molecule has 1 aliphatic rings. The molecule has 5 heteroatoms. The van der Waals surface area contributed by atoms with Gasteiger partial charge >= 0.3 is 0 Å². The molecular weight excluding hydrogens is 287 g/mol. The minimum Gasteiger partial charge on any atom is -0.340 e. The molecule has 0 radical (unpaired) electrons. The van der Waals surface area contributed by atoms with E-state index in [-0.39, 0.29) is 18.1 Å². The first-order chi connectivity index (χ1) is 8.16. The SMILES string of the molecule is O=C(Cc1cc(F)ccc1Br)N1CCNCC1. The van der Waals surface area contributed by atoms with Crippen LogP contribution in [0.1, 0.15) is 5.56 Å². The van der Waals surface area contributed by atoms with Gasteiger partial charge in [0.25, 0.3) is 0 Å². The fourth-order valence-electron chi connectivity index (χ4n) is 1.87. The summed E-state index contributed by atoms with van der Waals surface area (Å²) in [5.41, 5.74) is 0.702. The molecule has 1 aromatic rings. The van der Waals surface area contributed by atoms with E-state index in [0.717, 1.165) is 30.7 Å². The Morgan fingerprint density at radius 3 is 2.82 bits per heavy atom. The third-order valence-electron chi connectivity index (χ3n) is 2.82. The number of halogens is 2. The summed E-state index contributed by atoms with van der Waals surface area (Å²) in [6, 6.07) is 4.42. The Hall–Kier alpha value is -0.940. The molecule has 92 valence electrons. The number of piperazine rings is 1. The maximum atomic E-state index is 13.1. The highest BCUT2D eigenvalue weighted by molar-refractivity contribution is 9.10. The van der Waals surface area contributed by atoms with E-state index in [2.05, 4.69) is 21.2 Å². The predicted molar refractivity (Wildman–Crippen MR) is 67.3 cm³/mol. The molecule has 0 spiro atoms. The third kappa shape index (κ3) is 3.26. The summed E-state index contributed by atoms with van der Waals surface area (Å²) in [5.74, 6) is -0.255. The van der Waals surface area contributed by atoms with Crippen molar-refractivity contribution >= 4 is 21.8 Å². The summed E-state index contributed by atoms with van der Waals surface area (Å²) in [6.07, 6.45) is 0.248. The van der Waals surface area contributed by atoms with Crippen LogP contribution in [0.3, 0.4) is 0 Å². The Kier molecular flexibility index (Phi) is 4.12. The smallest absolute Gasteiger partial charge is 0.227 e. The van der Waals surface area contributed by atoms with Crippen LogP contribution in [0.15, 0.2) is 22.7 Å². The van der Waals surface area contributed by atoms with Crippen LogP contribution in [0.25, 0.3) is 0 Å². The van der Waals surface area contributed by atoms with Gasteiger partial charge in [-0.25, -0.2) is 4.39 Å². The maximum Gasteiger partial charge on any atom is 0.227 e. The molecule has 1 heterocycles. The van der Waals surface area contributed by atoms with E-state index >= 15 is 0 Å². The Balaban J connectivity index is 2.04. The van der Waals surface area contributed by atoms with E-state index in [1.165, 1.54) is 12.1 Å².